The van der Waals surface area contributed by atoms with Crippen LogP contribution in [0.25, 0.3) is 0 Å². The molecule has 2 fully saturated rings. The van der Waals surface area contributed by atoms with Gasteiger partial charge in [0.25, 0.3) is 23.2 Å². The van der Waals surface area contributed by atoms with Gasteiger partial charge in [0.2, 0.25) is 0 Å². The van der Waals surface area contributed by atoms with Crippen LogP contribution in [0.3, 0.4) is 0 Å². The molecule has 3 rings (SSSR count). The molecule has 9 nitrogen and oxygen atoms in total. The Morgan fingerprint density at radius 3 is 2.61 bits per heavy atom. The highest BCUT2D eigenvalue weighted by Gasteiger charge is 2.89. The molecule has 3 aliphatic rings. The molecule has 4 atom stereocenters. The van der Waals surface area contributed by atoms with Crippen LogP contribution in [0, 0.1) is 0 Å². The van der Waals surface area contributed by atoms with Crippen molar-refractivity contribution >= 4 is 25.4 Å². The molecule has 12 heteroatoms. The van der Waals surface area contributed by atoms with Crippen molar-refractivity contribution in [3.63, 3.8) is 0 Å². The SMILES string of the molecule is C=C(C)C(=O)OCC12C=CC(O1)C1(F)C(=O)N(CCCP(=O)(O)O)C(=O)C21F. The van der Waals surface area contributed by atoms with E-state index in [9.17, 15) is 18.9 Å². The number of imide groups is 1. The summed E-state index contributed by atoms with van der Waals surface area (Å²) in [5, 5.41) is 0. The Kier molecular flexibility index (Phi) is 4.66. The number of rotatable bonds is 7. The molecule has 0 spiro atoms. The molecule has 3 aliphatic heterocycles. The van der Waals surface area contributed by atoms with Crippen molar-refractivity contribution < 1.29 is 47.0 Å². The first-order valence-electron chi connectivity index (χ1n) is 8.29. The number of nitrogens with zero attached hydrogens (tertiary/aromatic N) is 1. The van der Waals surface area contributed by atoms with E-state index >= 15 is 8.78 Å². The summed E-state index contributed by atoms with van der Waals surface area (Å²) in [7, 11) is -4.42. The number of halogens is 2. The van der Waals surface area contributed by atoms with E-state index in [1.54, 1.807) is 0 Å². The molecule has 2 N–H and O–H groups in total. The van der Waals surface area contributed by atoms with Crippen molar-refractivity contribution in [3.05, 3.63) is 24.3 Å². The molecule has 0 saturated carbocycles. The Morgan fingerprint density at radius 2 is 2.04 bits per heavy atom. The fourth-order valence-corrected chi connectivity index (χ4v) is 4.21. The molecule has 2 amide bonds. The lowest BCUT2D eigenvalue weighted by atomic mass is 9.72. The van der Waals surface area contributed by atoms with Gasteiger partial charge in [0.05, 0.1) is 6.16 Å². The highest BCUT2D eigenvalue weighted by atomic mass is 31.2. The third-order valence-corrected chi connectivity index (χ3v) is 5.95. The van der Waals surface area contributed by atoms with Crippen LogP contribution in [0.15, 0.2) is 24.3 Å². The van der Waals surface area contributed by atoms with Gasteiger partial charge in [0.15, 0.2) is 5.60 Å². The maximum Gasteiger partial charge on any atom is 0.333 e. The molecule has 2 saturated heterocycles. The maximum atomic E-state index is 15.9. The minimum absolute atomic E-state index is 0.0137. The number of esters is 1. The van der Waals surface area contributed by atoms with Gasteiger partial charge in [-0.15, -0.1) is 0 Å². The van der Waals surface area contributed by atoms with Crippen LogP contribution in [-0.4, -0.2) is 74.8 Å². The predicted molar refractivity (Wildman–Crippen MR) is 88.4 cm³/mol. The van der Waals surface area contributed by atoms with Crippen LogP contribution >= 0.6 is 7.60 Å². The zero-order chi connectivity index (χ0) is 21.1. The zero-order valence-electron chi connectivity index (χ0n) is 14.8. The summed E-state index contributed by atoms with van der Waals surface area (Å²) in [6.07, 6.45) is -0.584. The molecular formula is C16H18F2NO8P. The standard InChI is InChI=1S/C16H18F2NO8P/c1-9(2)11(20)26-8-14-5-4-10(27-14)15(17)12(21)19(13(22)16(14,15)18)6-3-7-28(23,24)25/h4-5,10H,1,3,6-8H2,2H3,(H2,23,24,25). The molecule has 0 aromatic heterocycles. The van der Waals surface area contributed by atoms with Gasteiger partial charge in [-0.25, -0.2) is 13.6 Å². The number of alkyl halides is 2. The minimum Gasteiger partial charge on any atom is -0.459 e. The first kappa shape index (κ1) is 20.8. The Morgan fingerprint density at radius 1 is 1.39 bits per heavy atom. The quantitative estimate of drug-likeness (QED) is 0.196. The van der Waals surface area contributed by atoms with Crippen LogP contribution in [0.4, 0.5) is 8.78 Å². The molecular weight excluding hydrogens is 403 g/mol. The lowest BCUT2D eigenvalue weighted by molar-refractivity contribution is -0.162. The fourth-order valence-electron chi connectivity index (χ4n) is 3.66. The van der Waals surface area contributed by atoms with Crippen molar-refractivity contribution in [1.82, 2.24) is 4.90 Å². The van der Waals surface area contributed by atoms with Crippen LogP contribution < -0.4 is 0 Å². The smallest absolute Gasteiger partial charge is 0.333 e. The summed E-state index contributed by atoms with van der Waals surface area (Å²) in [5.41, 5.74) is -9.19. The number of likely N-dealkylation sites (tertiary alicyclic amines) is 1. The topological polar surface area (TPSA) is 130 Å². The summed E-state index contributed by atoms with van der Waals surface area (Å²) in [6, 6.07) is 0. The van der Waals surface area contributed by atoms with Gasteiger partial charge in [-0.2, -0.15) is 0 Å². The van der Waals surface area contributed by atoms with Crippen LogP contribution in [-0.2, 0) is 28.4 Å². The van der Waals surface area contributed by atoms with Crippen molar-refractivity contribution in [2.24, 2.45) is 0 Å². The average molecular weight is 421 g/mol. The minimum atomic E-state index is -4.42. The van der Waals surface area contributed by atoms with Gasteiger partial charge in [-0.1, -0.05) is 12.7 Å². The average Bonchev–Trinajstić information content (AvgIpc) is 3.16. The predicted octanol–water partition coefficient (Wildman–Crippen LogP) is 0.166. The molecule has 3 heterocycles. The first-order chi connectivity index (χ1) is 12.8. The van der Waals surface area contributed by atoms with Gasteiger partial charge >= 0.3 is 13.6 Å². The molecule has 0 aromatic carbocycles. The van der Waals surface area contributed by atoms with Crippen LogP contribution in [0.5, 0.6) is 0 Å². The third kappa shape index (κ3) is 2.61. The molecule has 28 heavy (non-hydrogen) atoms. The van der Waals surface area contributed by atoms with E-state index in [0.29, 0.717) is 4.90 Å². The molecule has 154 valence electrons. The Hall–Kier alpha value is -1.94. The summed E-state index contributed by atoms with van der Waals surface area (Å²) >= 11 is 0. The molecule has 0 aliphatic carbocycles. The number of fused-ring (bicyclic) bond motifs is 5. The summed E-state index contributed by atoms with van der Waals surface area (Å²) in [4.78, 5) is 54.9. The Balaban J connectivity index is 1.89. The normalized spacial score (nSPS) is 36.2. The maximum absolute atomic E-state index is 15.9. The first-order valence-corrected chi connectivity index (χ1v) is 10.1. The van der Waals surface area contributed by atoms with Gasteiger partial charge in [-0.3, -0.25) is 19.1 Å². The van der Waals surface area contributed by atoms with Gasteiger partial charge in [0.1, 0.15) is 12.7 Å². The number of carbonyl (C=O) groups is 3. The summed E-state index contributed by atoms with van der Waals surface area (Å²) in [5.74, 6) is -3.94. The van der Waals surface area contributed by atoms with E-state index in [-0.39, 0.29) is 12.0 Å². The van der Waals surface area contributed by atoms with E-state index in [1.807, 2.05) is 0 Å². The second kappa shape index (κ2) is 6.28. The second-order valence-electron chi connectivity index (χ2n) is 7.02. The Labute approximate surface area is 158 Å². The lowest BCUT2D eigenvalue weighted by Crippen LogP contribution is -2.63. The second-order valence-corrected chi connectivity index (χ2v) is 8.79. The molecule has 0 aromatic rings. The highest BCUT2D eigenvalue weighted by molar-refractivity contribution is 7.51. The molecule has 2 bridgehead atoms. The number of hydrogen-bond acceptors (Lipinski definition) is 6. The van der Waals surface area contributed by atoms with Gasteiger partial charge in [-0.05, 0) is 19.4 Å². The summed E-state index contributed by atoms with van der Waals surface area (Å²) in [6.45, 7) is 3.26. The third-order valence-electron chi connectivity index (χ3n) is 5.05. The molecule has 4 unspecified atom stereocenters. The molecule has 0 radical (unpaired) electrons. The van der Waals surface area contributed by atoms with Crippen molar-refractivity contribution in [3.8, 4) is 0 Å². The van der Waals surface area contributed by atoms with E-state index in [4.69, 9.17) is 19.3 Å². The summed E-state index contributed by atoms with van der Waals surface area (Å²) < 4.78 is 52.5. The monoisotopic (exact) mass is 421 g/mol. The lowest BCUT2D eigenvalue weighted by Gasteiger charge is -2.34. The zero-order valence-corrected chi connectivity index (χ0v) is 15.7. The van der Waals surface area contributed by atoms with Gasteiger partial charge in [0, 0.05) is 12.1 Å². The van der Waals surface area contributed by atoms with Crippen molar-refractivity contribution in [1.29, 1.82) is 0 Å². The highest BCUT2D eigenvalue weighted by Crippen LogP contribution is 2.61. The van der Waals surface area contributed by atoms with E-state index in [2.05, 4.69) is 6.58 Å². The number of carbonyl (C=O) groups excluding carboxylic acids is 3. The van der Waals surface area contributed by atoms with Crippen molar-refractivity contribution in [2.75, 3.05) is 19.3 Å². The number of hydrogen-bond donors (Lipinski definition) is 2. The number of amides is 2. The number of ether oxygens (including phenoxy) is 2. The van der Waals surface area contributed by atoms with Crippen LogP contribution in [0.2, 0.25) is 0 Å². The Bertz CT molecular complexity index is 856. The van der Waals surface area contributed by atoms with E-state index < -0.39 is 67.7 Å². The van der Waals surface area contributed by atoms with Gasteiger partial charge < -0.3 is 19.3 Å². The van der Waals surface area contributed by atoms with E-state index in [1.165, 1.54) is 6.92 Å². The van der Waals surface area contributed by atoms with Crippen molar-refractivity contribution in [2.45, 2.75) is 36.4 Å². The van der Waals surface area contributed by atoms with Crippen LogP contribution in [0.1, 0.15) is 13.3 Å². The fraction of sp³-hybridized carbons (Fsp3) is 0.562. The largest absolute Gasteiger partial charge is 0.459 e. The van der Waals surface area contributed by atoms with E-state index in [0.717, 1.165) is 12.2 Å².